The third-order valence-electron chi connectivity index (χ3n) is 4.75. The molecule has 0 saturated heterocycles. The van der Waals surface area contributed by atoms with Crippen molar-refractivity contribution in [2.75, 3.05) is 20.3 Å². The number of aromatic nitrogens is 1. The molecule has 0 bridgehead atoms. The number of thiocarbonyl (C=S) groups is 1. The van der Waals surface area contributed by atoms with Crippen LogP contribution < -0.4 is 57.1 Å². The molecule has 0 amide bonds. The monoisotopic (exact) mass is 479 g/mol. The maximum Gasteiger partial charge on any atom is 1.00 e. The van der Waals surface area contributed by atoms with Gasteiger partial charge in [0.05, 0.1) is 25.4 Å². The Balaban J connectivity index is 0.000000324. The van der Waals surface area contributed by atoms with Crippen LogP contribution in [0, 0.1) is 0 Å². The molecule has 3 rings (SSSR count). The molecular formula is C20H27ClKN3O4S. The molecule has 1 aliphatic heterocycles. The van der Waals surface area contributed by atoms with E-state index < -0.39 is 18.8 Å². The molecule has 2 heterocycles. The van der Waals surface area contributed by atoms with Crippen LogP contribution in [0.1, 0.15) is 29.2 Å². The van der Waals surface area contributed by atoms with Gasteiger partial charge in [-0.25, -0.2) is 0 Å². The summed E-state index contributed by atoms with van der Waals surface area (Å²) < 4.78 is 7.50. The second-order valence-electron chi connectivity index (χ2n) is 6.76. The number of ether oxygens (including phenoxy) is 1. The summed E-state index contributed by atoms with van der Waals surface area (Å²) in [6.45, 7) is 0.112. The molecule has 1 aromatic heterocycles. The van der Waals surface area contributed by atoms with Crippen LogP contribution in [0.2, 0.25) is 5.02 Å². The van der Waals surface area contributed by atoms with Crippen molar-refractivity contribution >= 4 is 34.6 Å². The molecule has 0 fully saturated rings. The summed E-state index contributed by atoms with van der Waals surface area (Å²) in [5.74, 6) is 0.831. The predicted molar refractivity (Wildman–Crippen MR) is 118 cm³/mol. The minimum Gasteiger partial charge on any atom is -0.468 e. The van der Waals surface area contributed by atoms with Crippen LogP contribution in [0.15, 0.2) is 30.5 Å². The molecule has 1 aromatic carbocycles. The van der Waals surface area contributed by atoms with Crippen LogP contribution in [-0.2, 0) is 18.2 Å². The van der Waals surface area contributed by atoms with Gasteiger partial charge in [-0.3, -0.25) is 0 Å². The zero-order valence-electron chi connectivity index (χ0n) is 17.5. The minimum atomic E-state index is -1.13. The predicted octanol–water partition coefficient (Wildman–Crippen LogP) is -0.644. The van der Waals surface area contributed by atoms with Gasteiger partial charge in [0.15, 0.2) is 0 Å². The van der Waals surface area contributed by atoms with E-state index in [9.17, 15) is 10.2 Å². The van der Waals surface area contributed by atoms with Crippen molar-refractivity contribution in [1.82, 2.24) is 4.57 Å². The number of hydrogen-bond donors (Lipinski definition) is 4. The third-order valence-corrected chi connectivity index (χ3v) is 5.20. The molecule has 5 N–H and O–H groups in total. The first-order chi connectivity index (χ1) is 13.8. The number of aliphatic hydroxyl groups excluding tert-OH is 3. The van der Waals surface area contributed by atoms with Crippen LogP contribution in [0.5, 0.6) is 0 Å². The summed E-state index contributed by atoms with van der Waals surface area (Å²) in [6, 6.07) is 7.45. The summed E-state index contributed by atoms with van der Waals surface area (Å²) in [5, 5.41) is 32.6. The number of nitrogens with two attached hydrogens (primary N) is 1. The van der Waals surface area contributed by atoms with E-state index in [2.05, 4.69) is 5.32 Å². The van der Waals surface area contributed by atoms with Gasteiger partial charge in [0.25, 0.3) is 0 Å². The Bertz CT molecular complexity index is 836. The second-order valence-corrected chi connectivity index (χ2v) is 7.63. The van der Waals surface area contributed by atoms with Crippen LogP contribution in [-0.4, -0.2) is 57.3 Å². The maximum absolute atomic E-state index is 9.73. The van der Waals surface area contributed by atoms with Gasteiger partial charge >= 0.3 is 51.4 Å². The van der Waals surface area contributed by atoms with Crippen molar-refractivity contribution in [2.45, 2.75) is 31.2 Å². The summed E-state index contributed by atoms with van der Waals surface area (Å²) in [6.07, 6.45) is 0.549. The van der Waals surface area contributed by atoms with Gasteiger partial charge in [0, 0.05) is 17.0 Å². The standard InChI is InChI=1S/C13H17ClO4.C7H11N3S.K/c14-9-1-2-10-8(5-9)3-4-18-13(10)6-11(16)12(17)7-15;1-9-7-5(6(8)11)3-4-10(7)2;/h1-2,5,11-13,15-17H,3-4,6-7H2;3-4H,1-2H3,(H3,8,9,11);/q;;+1/p-1. The van der Waals surface area contributed by atoms with E-state index in [0.717, 1.165) is 28.9 Å². The van der Waals surface area contributed by atoms with E-state index in [1.54, 1.807) is 13.1 Å². The van der Waals surface area contributed by atoms with Crippen molar-refractivity contribution in [1.29, 1.82) is 0 Å². The molecular weight excluding hydrogens is 453 g/mol. The molecule has 3 unspecified atom stereocenters. The first kappa shape index (κ1) is 28.0. The zero-order chi connectivity index (χ0) is 21.6. The molecule has 0 radical (unpaired) electrons. The Morgan fingerprint density at radius 1 is 1.37 bits per heavy atom. The number of benzene rings is 1. The average molecular weight is 480 g/mol. The minimum absolute atomic E-state index is 0. The number of hydrogen-bond acceptors (Lipinski definition) is 5. The van der Waals surface area contributed by atoms with E-state index in [1.807, 2.05) is 36.0 Å². The van der Waals surface area contributed by atoms with Crippen molar-refractivity contribution in [3.63, 3.8) is 0 Å². The Morgan fingerprint density at radius 3 is 2.63 bits per heavy atom. The molecule has 2 aromatic rings. The van der Waals surface area contributed by atoms with Gasteiger partial charge in [-0.2, -0.15) is 0 Å². The fourth-order valence-corrected chi connectivity index (χ4v) is 3.54. The van der Waals surface area contributed by atoms with Crippen LogP contribution in [0.25, 0.3) is 5.32 Å². The molecule has 0 aliphatic carbocycles. The van der Waals surface area contributed by atoms with E-state index in [4.69, 9.17) is 39.4 Å². The van der Waals surface area contributed by atoms with Crippen molar-refractivity contribution in [2.24, 2.45) is 12.8 Å². The smallest absolute Gasteiger partial charge is 0.468 e. The van der Waals surface area contributed by atoms with Crippen LogP contribution >= 0.6 is 23.8 Å². The van der Waals surface area contributed by atoms with Gasteiger partial charge in [0.1, 0.15) is 11.1 Å². The number of nitrogens with zero attached hydrogens (tertiary/aromatic N) is 2. The SMILES string of the molecule is C[N-]c1c(C(N)=S)ccn1C.OCC(O)C(O)CC1OCCc2cc(Cl)ccc21.[K+]. The van der Waals surface area contributed by atoms with Gasteiger partial charge in [-0.05, 0) is 29.7 Å². The van der Waals surface area contributed by atoms with Gasteiger partial charge in [-0.15, -0.1) is 0 Å². The fourth-order valence-electron chi connectivity index (χ4n) is 3.19. The van der Waals surface area contributed by atoms with Crippen molar-refractivity contribution < 1.29 is 71.4 Å². The number of aryl methyl sites for hydroxylation is 1. The van der Waals surface area contributed by atoms with E-state index in [0.29, 0.717) is 16.6 Å². The zero-order valence-corrected chi connectivity index (χ0v) is 22.2. The average Bonchev–Trinajstić information content (AvgIpc) is 3.08. The first-order valence-electron chi connectivity index (χ1n) is 9.20. The largest absolute Gasteiger partial charge is 1.00 e. The topological polar surface area (TPSA) is 115 Å². The Hall–Kier alpha value is -0.0436. The molecule has 1 aliphatic rings. The van der Waals surface area contributed by atoms with E-state index in [1.165, 1.54) is 0 Å². The Labute approximate surface area is 230 Å². The quantitative estimate of drug-likeness (QED) is 0.323. The summed E-state index contributed by atoms with van der Waals surface area (Å²) in [5.41, 5.74) is 8.41. The first-order valence-corrected chi connectivity index (χ1v) is 9.99. The van der Waals surface area contributed by atoms with Crippen LogP contribution in [0.3, 0.4) is 0 Å². The Morgan fingerprint density at radius 2 is 2.07 bits per heavy atom. The number of halogens is 1. The number of rotatable bonds is 6. The molecule has 0 saturated carbocycles. The van der Waals surface area contributed by atoms with Crippen molar-refractivity contribution in [3.05, 3.63) is 57.5 Å². The molecule has 0 spiro atoms. The number of aliphatic hydroxyl groups is 3. The second kappa shape index (κ2) is 13.5. The van der Waals surface area contributed by atoms with E-state index >= 15 is 0 Å². The van der Waals surface area contributed by atoms with Gasteiger partial charge in [-0.1, -0.05) is 62.1 Å². The summed E-state index contributed by atoms with van der Waals surface area (Å²) in [4.78, 5) is 0.395. The van der Waals surface area contributed by atoms with Crippen LogP contribution in [0.4, 0.5) is 5.82 Å². The Kier molecular flexibility index (Phi) is 12.6. The van der Waals surface area contributed by atoms with Gasteiger partial charge in [0.2, 0.25) is 0 Å². The number of fused-ring (bicyclic) bond motifs is 1. The molecule has 7 nitrogen and oxygen atoms in total. The maximum atomic E-state index is 9.73. The third kappa shape index (κ3) is 7.53. The molecule has 30 heavy (non-hydrogen) atoms. The van der Waals surface area contributed by atoms with Crippen molar-refractivity contribution in [3.8, 4) is 0 Å². The van der Waals surface area contributed by atoms with E-state index in [-0.39, 0.29) is 63.9 Å². The van der Waals surface area contributed by atoms with Gasteiger partial charge < -0.3 is 35.7 Å². The molecule has 160 valence electrons. The fraction of sp³-hybridized carbons (Fsp3) is 0.450. The molecule has 3 atom stereocenters. The normalized spacial score (nSPS) is 16.9. The summed E-state index contributed by atoms with van der Waals surface area (Å²) >= 11 is 10.8. The summed E-state index contributed by atoms with van der Waals surface area (Å²) in [7, 11) is 3.63. The molecule has 10 heteroatoms.